The maximum atomic E-state index is 12.5. The third kappa shape index (κ3) is 2.77. The molecule has 0 radical (unpaired) electrons. The van der Waals surface area contributed by atoms with Crippen molar-refractivity contribution in [1.29, 1.82) is 0 Å². The molecular weight excluding hydrogens is 318 g/mol. The Balaban J connectivity index is 1.60. The second kappa shape index (κ2) is 5.49. The first-order chi connectivity index (χ1) is 9.60. The molecule has 0 bridgehead atoms. The van der Waals surface area contributed by atoms with Gasteiger partial charge in [0.1, 0.15) is 0 Å². The fourth-order valence-electron chi connectivity index (χ4n) is 3.18. The number of rotatable bonds is 4. The van der Waals surface area contributed by atoms with Crippen LogP contribution >= 0.6 is 15.9 Å². The van der Waals surface area contributed by atoms with Crippen molar-refractivity contribution in [3.63, 3.8) is 0 Å². The van der Waals surface area contributed by atoms with E-state index in [1.54, 1.807) is 0 Å². The third-order valence-electron chi connectivity index (χ3n) is 4.65. The molecule has 2 atom stereocenters. The van der Waals surface area contributed by atoms with Gasteiger partial charge in [0.05, 0.1) is 11.5 Å². The highest BCUT2D eigenvalue weighted by atomic mass is 79.9. The number of amides is 1. The summed E-state index contributed by atoms with van der Waals surface area (Å²) in [5.41, 5.74) is 0.822. The summed E-state index contributed by atoms with van der Waals surface area (Å²) in [5, 5.41) is 12.6. The van der Waals surface area contributed by atoms with Crippen molar-refractivity contribution in [2.24, 2.45) is 5.92 Å². The first-order valence-electron chi connectivity index (χ1n) is 7.32. The molecular formula is C16H20BrNO2. The Hall–Kier alpha value is -0.870. The molecule has 0 spiro atoms. The summed E-state index contributed by atoms with van der Waals surface area (Å²) in [6, 6.07) is 8.07. The molecule has 108 valence electrons. The van der Waals surface area contributed by atoms with Crippen molar-refractivity contribution in [2.75, 3.05) is 6.54 Å². The molecule has 2 unspecified atom stereocenters. The lowest BCUT2D eigenvalue weighted by molar-refractivity contribution is -0.123. The molecule has 0 saturated heterocycles. The number of halogens is 1. The Kier molecular flexibility index (Phi) is 3.87. The summed E-state index contributed by atoms with van der Waals surface area (Å²) in [5.74, 6) is 0.593. The van der Waals surface area contributed by atoms with Crippen LogP contribution in [0.15, 0.2) is 28.7 Å². The van der Waals surface area contributed by atoms with Gasteiger partial charge in [-0.3, -0.25) is 4.79 Å². The topological polar surface area (TPSA) is 49.3 Å². The van der Waals surface area contributed by atoms with Gasteiger partial charge in [-0.25, -0.2) is 0 Å². The fraction of sp³-hybridized carbons (Fsp3) is 0.562. The fourth-order valence-corrected chi connectivity index (χ4v) is 3.45. The second-order valence-corrected chi connectivity index (χ2v) is 7.05. The highest BCUT2D eigenvalue weighted by Gasteiger charge is 2.51. The van der Waals surface area contributed by atoms with E-state index < -0.39 is 0 Å². The van der Waals surface area contributed by atoms with Crippen LogP contribution in [0.3, 0.4) is 0 Å². The van der Waals surface area contributed by atoms with Gasteiger partial charge in [0.2, 0.25) is 5.91 Å². The Morgan fingerprint density at radius 2 is 2.00 bits per heavy atom. The minimum absolute atomic E-state index is 0.154. The molecule has 4 heteroatoms. The van der Waals surface area contributed by atoms with Crippen LogP contribution in [-0.2, 0) is 10.2 Å². The number of carbonyl (C=O) groups excluding carboxylic acids is 1. The van der Waals surface area contributed by atoms with Crippen LogP contribution in [0.1, 0.15) is 37.7 Å². The maximum absolute atomic E-state index is 12.5. The SMILES string of the molecule is O=C(NCC1CCC(O)C1)C1(c2ccc(Br)cc2)CC1. The molecule has 20 heavy (non-hydrogen) atoms. The number of benzene rings is 1. The van der Waals surface area contributed by atoms with Gasteiger partial charge in [0.25, 0.3) is 0 Å². The Morgan fingerprint density at radius 3 is 2.55 bits per heavy atom. The highest BCUT2D eigenvalue weighted by molar-refractivity contribution is 9.10. The molecule has 1 aromatic rings. The smallest absolute Gasteiger partial charge is 0.230 e. The average molecular weight is 338 g/mol. The monoisotopic (exact) mass is 337 g/mol. The number of aliphatic hydroxyl groups excluding tert-OH is 1. The standard InChI is InChI=1S/C16H20BrNO2/c17-13-4-2-12(3-5-13)16(7-8-16)15(20)18-10-11-1-6-14(19)9-11/h2-5,11,14,19H,1,6-10H2,(H,18,20). The molecule has 3 rings (SSSR count). The van der Waals surface area contributed by atoms with Crippen LogP contribution < -0.4 is 5.32 Å². The summed E-state index contributed by atoms with van der Waals surface area (Å²) in [6.07, 6.45) is 4.43. The van der Waals surface area contributed by atoms with Gasteiger partial charge in [-0.15, -0.1) is 0 Å². The predicted octanol–water partition coefficient (Wildman–Crippen LogP) is 2.76. The van der Waals surface area contributed by atoms with E-state index in [4.69, 9.17) is 0 Å². The van der Waals surface area contributed by atoms with E-state index in [-0.39, 0.29) is 17.4 Å². The van der Waals surface area contributed by atoms with Crippen LogP contribution in [0.5, 0.6) is 0 Å². The summed E-state index contributed by atoms with van der Waals surface area (Å²) in [6.45, 7) is 0.703. The summed E-state index contributed by atoms with van der Waals surface area (Å²) >= 11 is 3.43. The minimum Gasteiger partial charge on any atom is -0.393 e. The van der Waals surface area contributed by atoms with Crippen molar-refractivity contribution in [3.8, 4) is 0 Å². The molecule has 0 aromatic heterocycles. The first-order valence-corrected chi connectivity index (χ1v) is 8.12. The second-order valence-electron chi connectivity index (χ2n) is 6.13. The van der Waals surface area contributed by atoms with E-state index in [0.717, 1.165) is 42.1 Å². The van der Waals surface area contributed by atoms with E-state index >= 15 is 0 Å². The highest BCUT2D eigenvalue weighted by Crippen LogP contribution is 2.48. The summed E-state index contributed by atoms with van der Waals surface area (Å²) in [7, 11) is 0. The molecule has 2 fully saturated rings. The largest absolute Gasteiger partial charge is 0.393 e. The number of aliphatic hydroxyl groups is 1. The Bertz CT molecular complexity index is 496. The molecule has 2 aliphatic carbocycles. The van der Waals surface area contributed by atoms with Crippen LogP contribution in [0.4, 0.5) is 0 Å². The number of hydrogen-bond acceptors (Lipinski definition) is 2. The van der Waals surface area contributed by atoms with E-state index in [9.17, 15) is 9.90 Å². The van der Waals surface area contributed by atoms with Crippen molar-refractivity contribution in [2.45, 2.75) is 43.6 Å². The minimum atomic E-state index is -0.294. The normalized spacial score (nSPS) is 27.3. The van der Waals surface area contributed by atoms with E-state index in [2.05, 4.69) is 21.2 Å². The zero-order valence-electron chi connectivity index (χ0n) is 11.4. The van der Waals surface area contributed by atoms with Gasteiger partial charge < -0.3 is 10.4 Å². The third-order valence-corrected chi connectivity index (χ3v) is 5.17. The molecule has 1 amide bonds. The van der Waals surface area contributed by atoms with E-state index in [0.29, 0.717) is 12.5 Å². The number of hydrogen-bond donors (Lipinski definition) is 2. The Morgan fingerprint density at radius 1 is 1.30 bits per heavy atom. The zero-order chi connectivity index (χ0) is 14.2. The van der Waals surface area contributed by atoms with Gasteiger partial charge in [0, 0.05) is 11.0 Å². The lowest BCUT2D eigenvalue weighted by atomic mass is 9.94. The van der Waals surface area contributed by atoms with Gasteiger partial charge in [-0.2, -0.15) is 0 Å². The lowest BCUT2D eigenvalue weighted by Gasteiger charge is -2.18. The van der Waals surface area contributed by atoms with Crippen molar-refractivity contribution in [1.82, 2.24) is 5.32 Å². The van der Waals surface area contributed by atoms with Crippen molar-refractivity contribution < 1.29 is 9.90 Å². The van der Waals surface area contributed by atoms with Gasteiger partial charge >= 0.3 is 0 Å². The molecule has 2 aliphatic rings. The number of nitrogens with one attached hydrogen (secondary N) is 1. The first kappa shape index (κ1) is 14.1. The van der Waals surface area contributed by atoms with Gasteiger partial charge in [-0.1, -0.05) is 28.1 Å². The van der Waals surface area contributed by atoms with E-state index in [1.165, 1.54) is 0 Å². The van der Waals surface area contributed by atoms with Crippen molar-refractivity contribution in [3.05, 3.63) is 34.3 Å². The molecule has 3 nitrogen and oxygen atoms in total. The lowest BCUT2D eigenvalue weighted by Crippen LogP contribution is -2.37. The zero-order valence-corrected chi connectivity index (χ0v) is 13.0. The quantitative estimate of drug-likeness (QED) is 0.887. The van der Waals surface area contributed by atoms with Crippen molar-refractivity contribution >= 4 is 21.8 Å². The van der Waals surface area contributed by atoms with Crippen LogP contribution in [0.25, 0.3) is 0 Å². The summed E-state index contributed by atoms with van der Waals surface area (Å²) in [4.78, 5) is 12.5. The van der Waals surface area contributed by atoms with Crippen LogP contribution in [0, 0.1) is 5.92 Å². The average Bonchev–Trinajstić information content (AvgIpc) is 3.15. The van der Waals surface area contributed by atoms with Gasteiger partial charge in [0.15, 0.2) is 0 Å². The molecule has 2 saturated carbocycles. The van der Waals surface area contributed by atoms with Crippen LogP contribution in [0.2, 0.25) is 0 Å². The van der Waals surface area contributed by atoms with Crippen LogP contribution in [-0.4, -0.2) is 23.7 Å². The number of carbonyl (C=O) groups is 1. The maximum Gasteiger partial charge on any atom is 0.230 e. The predicted molar refractivity (Wildman–Crippen MR) is 81.4 cm³/mol. The Labute approximate surface area is 127 Å². The summed E-state index contributed by atoms with van der Waals surface area (Å²) < 4.78 is 1.04. The molecule has 1 aromatic carbocycles. The molecule has 2 N–H and O–H groups in total. The molecule has 0 heterocycles. The van der Waals surface area contributed by atoms with E-state index in [1.807, 2.05) is 24.3 Å². The van der Waals surface area contributed by atoms with Gasteiger partial charge in [-0.05, 0) is 55.7 Å². The molecule has 0 aliphatic heterocycles.